The van der Waals surface area contributed by atoms with E-state index in [0.29, 0.717) is 54.2 Å². The lowest BCUT2D eigenvalue weighted by Gasteiger charge is -2.34. The molecular formula is C24H22ClN5O3S. The van der Waals surface area contributed by atoms with Gasteiger partial charge in [-0.2, -0.15) is 9.61 Å². The Morgan fingerprint density at radius 2 is 1.76 bits per heavy atom. The Bertz CT molecular complexity index is 1350. The molecule has 2 aromatic heterocycles. The number of halogens is 1. The van der Waals surface area contributed by atoms with Crippen molar-refractivity contribution in [2.45, 2.75) is 6.54 Å². The van der Waals surface area contributed by atoms with E-state index < -0.39 is 0 Å². The summed E-state index contributed by atoms with van der Waals surface area (Å²) in [6.07, 6.45) is 0. The van der Waals surface area contributed by atoms with Gasteiger partial charge in [0.1, 0.15) is 10.8 Å². The summed E-state index contributed by atoms with van der Waals surface area (Å²) < 4.78 is 6.93. The van der Waals surface area contributed by atoms with Crippen LogP contribution >= 0.6 is 22.9 Å². The highest BCUT2D eigenvalue weighted by Gasteiger charge is 2.22. The smallest absolute Gasteiger partial charge is 0.275 e. The summed E-state index contributed by atoms with van der Waals surface area (Å²) in [4.78, 5) is 34.4. The maximum atomic E-state index is 12.6. The molecular weight excluding hydrogens is 474 g/mol. The van der Waals surface area contributed by atoms with Gasteiger partial charge in [-0.25, -0.2) is 4.98 Å². The number of benzene rings is 2. The molecule has 5 rings (SSSR count). The van der Waals surface area contributed by atoms with E-state index in [0.717, 1.165) is 10.6 Å². The van der Waals surface area contributed by atoms with Gasteiger partial charge in [0.05, 0.1) is 5.69 Å². The lowest BCUT2D eigenvalue weighted by Crippen LogP contribution is -2.49. The molecule has 1 fully saturated rings. The Hall–Kier alpha value is -3.27. The zero-order valence-electron chi connectivity index (χ0n) is 18.3. The average molecular weight is 496 g/mol. The van der Waals surface area contributed by atoms with E-state index >= 15 is 0 Å². The second-order valence-corrected chi connectivity index (χ2v) is 9.35. The average Bonchev–Trinajstić information content (AvgIpc) is 3.29. The predicted octanol–water partition coefficient (Wildman–Crippen LogP) is 3.19. The molecule has 10 heteroatoms. The number of ether oxygens (including phenoxy) is 1. The van der Waals surface area contributed by atoms with Crippen molar-refractivity contribution in [1.82, 2.24) is 24.4 Å². The molecule has 4 aromatic rings. The molecule has 2 aromatic carbocycles. The lowest BCUT2D eigenvalue weighted by molar-refractivity contribution is -0.135. The van der Waals surface area contributed by atoms with Crippen LogP contribution < -0.4 is 10.3 Å². The minimum absolute atomic E-state index is 0.00819. The van der Waals surface area contributed by atoms with Gasteiger partial charge in [-0.15, -0.1) is 0 Å². The SMILES string of the molecule is O=C(COc1ccc(Cl)cc1)N1CCN(Cc2cc(=O)n3nc(-c4ccccc4)sc3n2)CC1. The summed E-state index contributed by atoms with van der Waals surface area (Å²) in [7, 11) is 0. The van der Waals surface area contributed by atoms with E-state index in [4.69, 9.17) is 16.3 Å². The first kappa shape index (κ1) is 22.5. The maximum Gasteiger partial charge on any atom is 0.275 e. The number of hydrogen-bond acceptors (Lipinski definition) is 7. The Kier molecular flexibility index (Phi) is 6.57. The van der Waals surface area contributed by atoms with Crippen LogP contribution in [0.5, 0.6) is 5.75 Å². The van der Waals surface area contributed by atoms with Crippen molar-refractivity contribution >= 4 is 33.8 Å². The number of rotatable bonds is 6. The van der Waals surface area contributed by atoms with Crippen LogP contribution in [0.2, 0.25) is 5.02 Å². The minimum Gasteiger partial charge on any atom is -0.484 e. The van der Waals surface area contributed by atoms with E-state index in [1.54, 1.807) is 35.2 Å². The number of carbonyl (C=O) groups is 1. The van der Waals surface area contributed by atoms with Crippen molar-refractivity contribution in [2.75, 3.05) is 32.8 Å². The quantitative estimate of drug-likeness (QED) is 0.408. The van der Waals surface area contributed by atoms with E-state index in [-0.39, 0.29) is 18.1 Å². The largest absolute Gasteiger partial charge is 0.484 e. The monoisotopic (exact) mass is 495 g/mol. The molecule has 0 spiro atoms. The summed E-state index contributed by atoms with van der Waals surface area (Å²) >= 11 is 7.27. The van der Waals surface area contributed by atoms with Crippen LogP contribution in [-0.2, 0) is 11.3 Å². The van der Waals surface area contributed by atoms with Gasteiger partial charge in [-0.1, -0.05) is 53.3 Å². The predicted molar refractivity (Wildman–Crippen MR) is 131 cm³/mol. The number of carbonyl (C=O) groups excluding carboxylic acids is 1. The molecule has 0 radical (unpaired) electrons. The summed E-state index contributed by atoms with van der Waals surface area (Å²) in [5, 5.41) is 5.81. The highest BCUT2D eigenvalue weighted by molar-refractivity contribution is 7.19. The normalized spacial score (nSPS) is 14.4. The van der Waals surface area contributed by atoms with Gasteiger partial charge in [0.25, 0.3) is 11.5 Å². The Morgan fingerprint density at radius 1 is 1.03 bits per heavy atom. The summed E-state index contributed by atoms with van der Waals surface area (Å²) in [6.45, 7) is 3.14. The Morgan fingerprint density at radius 3 is 2.50 bits per heavy atom. The standard InChI is InChI=1S/C24H22ClN5O3S/c25-18-6-8-20(9-7-18)33-16-22(32)29-12-10-28(11-13-29)15-19-14-21(31)30-24(26-19)34-23(27-30)17-4-2-1-3-5-17/h1-9,14H,10-13,15-16H2. The first-order valence-corrected chi connectivity index (χ1v) is 12.1. The molecule has 0 N–H and O–H groups in total. The third-order valence-corrected chi connectivity index (χ3v) is 6.81. The Labute approximate surface area is 205 Å². The number of piperazine rings is 1. The molecule has 3 heterocycles. The number of aromatic nitrogens is 3. The second kappa shape index (κ2) is 9.92. The second-order valence-electron chi connectivity index (χ2n) is 7.95. The molecule has 0 saturated carbocycles. The summed E-state index contributed by atoms with van der Waals surface area (Å²) in [5.41, 5.74) is 1.48. The molecule has 8 nitrogen and oxygen atoms in total. The number of fused-ring (bicyclic) bond motifs is 1. The zero-order chi connectivity index (χ0) is 23.5. The molecule has 1 amide bonds. The van der Waals surface area contributed by atoms with Crippen molar-refractivity contribution < 1.29 is 9.53 Å². The van der Waals surface area contributed by atoms with Gasteiger partial charge >= 0.3 is 0 Å². The fraction of sp³-hybridized carbons (Fsp3) is 0.250. The molecule has 1 saturated heterocycles. The molecule has 1 aliphatic heterocycles. The number of nitrogens with zero attached hydrogens (tertiary/aromatic N) is 5. The van der Waals surface area contributed by atoms with Crippen molar-refractivity contribution in [3.8, 4) is 16.3 Å². The summed E-state index contributed by atoms with van der Waals surface area (Å²) in [6, 6.07) is 18.2. The molecule has 0 atom stereocenters. The van der Waals surface area contributed by atoms with Crippen molar-refractivity contribution in [3.63, 3.8) is 0 Å². The van der Waals surface area contributed by atoms with Crippen LogP contribution in [0.4, 0.5) is 0 Å². The Balaban J connectivity index is 1.18. The van der Waals surface area contributed by atoms with Crippen molar-refractivity contribution in [2.24, 2.45) is 0 Å². The highest BCUT2D eigenvalue weighted by atomic mass is 35.5. The van der Waals surface area contributed by atoms with Crippen molar-refractivity contribution in [3.05, 3.63) is 81.7 Å². The van der Waals surface area contributed by atoms with Crippen LogP contribution in [0.25, 0.3) is 15.5 Å². The third kappa shape index (κ3) is 5.11. The van der Waals surface area contributed by atoms with E-state index in [1.165, 1.54) is 15.9 Å². The molecule has 1 aliphatic rings. The van der Waals surface area contributed by atoms with Gasteiger partial charge in [0.15, 0.2) is 6.61 Å². The first-order chi connectivity index (χ1) is 16.5. The van der Waals surface area contributed by atoms with Crippen LogP contribution in [0, 0.1) is 0 Å². The van der Waals surface area contributed by atoms with Gasteiger partial charge in [-0.05, 0) is 24.3 Å². The fourth-order valence-corrected chi connectivity index (χ4v) is 4.84. The van der Waals surface area contributed by atoms with E-state index in [2.05, 4.69) is 15.0 Å². The van der Waals surface area contributed by atoms with Crippen LogP contribution in [0.1, 0.15) is 5.69 Å². The highest BCUT2D eigenvalue weighted by Crippen LogP contribution is 2.24. The third-order valence-electron chi connectivity index (χ3n) is 5.61. The number of amides is 1. The molecule has 0 bridgehead atoms. The number of hydrogen-bond donors (Lipinski definition) is 0. The van der Waals surface area contributed by atoms with Gasteiger partial charge < -0.3 is 9.64 Å². The fourth-order valence-electron chi connectivity index (χ4n) is 3.79. The van der Waals surface area contributed by atoms with Gasteiger partial charge in [-0.3, -0.25) is 14.5 Å². The lowest BCUT2D eigenvalue weighted by atomic mass is 10.2. The molecule has 0 aliphatic carbocycles. The van der Waals surface area contributed by atoms with E-state index in [1.807, 2.05) is 30.3 Å². The van der Waals surface area contributed by atoms with Crippen LogP contribution in [0.3, 0.4) is 0 Å². The van der Waals surface area contributed by atoms with Gasteiger partial charge in [0.2, 0.25) is 4.96 Å². The first-order valence-electron chi connectivity index (χ1n) is 10.9. The summed E-state index contributed by atoms with van der Waals surface area (Å²) in [5.74, 6) is 0.563. The van der Waals surface area contributed by atoms with Crippen molar-refractivity contribution in [1.29, 1.82) is 0 Å². The minimum atomic E-state index is -0.188. The van der Waals surface area contributed by atoms with E-state index in [9.17, 15) is 9.59 Å². The molecule has 174 valence electrons. The zero-order valence-corrected chi connectivity index (χ0v) is 19.8. The maximum absolute atomic E-state index is 12.6. The van der Waals surface area contributed by atoms with Gasteiger partial charge in [0, 0.05) is 49.4 Å². The molecule has 34 heavy (non-hydrogen) atoms. The van der Waals surface area contributed by atoms with Crippen LogP contribution in [0.15, 0.2) is 65.5 Å². The topological polar surface area (TPSA) is 80.0 Å². The molecule has 0 unspecified atom stereocenters. The van der Waals surface area contributed by atoms with Crippen LogP contribution in [-0.4, -0.2) is 63.1 Å².